The minimum Gasteiger partial charge on any atom is -0.436 e. The zero-order valence-corrected chi connectivity index (χ0v) is 5.07. The maximum absolute atomic E-state index is 10.5. The number of ether oxygens (including phenoxy) is 2. The molecule has 54 valence electrons. The van der Waals surface area contributed by atoms with Crippen molar-refractivity contribution in [3.05, 3.63) is 0 Å². The summed E-state index contributed by atoms with van der Waals surface area (Å²) in [5, 5.41) is 0. The SMILES string of the molecule is O=C=NC[C@@H]1OCOC1=O. The van der Waals surface area contributed by atoms with E-state index in [1.807, 2.05) is 0 Å². The van der Waals surface area contributed by atoms with Gasteiger partial charge in [0.25, 0.3) is 0 Å². The molecule has 1 fully saturated rings. The van der Waals surface area contributed by atoms with Crippen molar-refractivity contribution in [1.29, 1.82) is 0 Å². The average Bonchev–Trinajstić information content (AvgIpc) is 2.31. The second-order valence-corrected chi connectivity index (χ2v) is 1.67. The van der Waals surface area contributed by atoms with Gasteiger partial charge in [-0.1, -0.05) is 0 Å². The molecule has 0 saturated carbocycles. The molecule has 0 aromatic rings. The number of cyclic esters (lactones) is 1. The van der Waals surface area contributed by atoms with Gasteiger partial charge in [0.15, 0.2) is 12.9 Å². The van der Waals surface area contributed by atoms with Crippen LogP contribution >= 0.6 is 0 Å². The summed E-state index contributed by atoms with van der Waals surface area (Å²) in [6.45, 7) is -0.0415. The van der Waals surface area contributed by atoms with Gasteiger partial charge in [0.05, 0.1) is 6.54 Å². The molecule has 0 radical (unpaired) electrons. The third-order valence-corrected chi connectivity index (χ3v) is 1.05. The van der Waals surface area contributed by atoms with Crippen molar-refractivity contribution in [3.8, 4) is 0 Å². The average molecular weight is 143 g/mol. The fraction of sp³-hybridized carbons (Fsp3) is 0.600. The van der Waals surface area contributed by atoms with Crippen molar-refractivity contribution < 1.29 is 19.1 Å². The maximum Gasteiger partial charge on any atom is 0.339 e. The Labute approximate surface area is 56.6 Å². The predicted octanol–water partition coefficient (Wildman–Crippen LogP) is -0.778. The molecule has 0 aromatic heterocycles. The molecule has 10 heavy (non-hydrogen) atoms. The third-order valence-electron chi connectivity index (χ3n) is 1.05. The Morgan fingerprint density at radius 2 is 2.60 bits per heavy atom. The van der Waals surface area contributed by atoms with Gasteiger partial charge >= 0.3 is 5.97 Å². The van der Waals surface area contributed by atoms with Gasteiger partial charge in [0.1, 0.15) is 0 Å². The van der Waals surface area contributed by atoms with Gasteiger partial charge in [-0.25, -0.2) is 14.6 Å². The highest BCUT2D eigenvalue weighted by atomic mass is 16.7. The molecule has 1 rings (SSSR count). The molecule has 0 N–H and O–H groups in total. The Bertz CT molecular complexity index is 184. The third kappa shape index (κ3) is 1.40. The summed E-state index contributed by atoms with van der Waals surface area (Å²) in [6.07, 6.45) is 0.595. The van der Waals surface area contributed by atoms with Crippen LogP contribution in [0.3, 0.4) is 0 Å². The molecule has 0 bridgehead atoms. The Hall–Kier alpha value is -1.19. The first-order chi connectivity index (χ1) is 4.84. The minimum absolute atomic E-state index is 0.00231. The number of hydrogen-bond acceptors (Lipinski definition) is 5. The van der Waals surface area contributed by atoms with Crippen LogP contribution in [0.4, 0.5) is 0 Å². The largest absolute Gasteiger partial charge is 0.436 e. The standard InChI is InChI=1S/C5H5NO4/c7-2-6-1-4-5(8)10-3-9-4/h4H,1,3H2/t4-/m0/s1. The molecule has 0 aliphatic carbocycles. The molecule has 5 nitrogen and oxygen atoms in total. The summed E-state index contributed by atoms with van der Waals surface area (Å²) in [4.78, 5) is 23.3. The van der Waals surface area contributed by atoms with E-state index in [9.17, 15) is 9.59 Å². The van der Waals surface area contributed by atoms with Gasteiger partial charge in [-0.15, -0.1) is 0 Å². The monoisotopic (exact) mass is 143 g/mol. The zero-order valence-electron chi connectivity index (χ0n) is 5.07. The van der Waals surface area contributed by atoms with Crippen molar-refractivity contribution in [2.75, 3.05) is 13.3 Å². The Balaban J connectivity index is 2.40. The van der Waals surface area contributed by atoms with E-state index < -0.39 is 12.1 Å². The molecule has 1 aliphatic rings. The number of isocyanates is 1. The van der Waals surface area contributed by atoms with E-state index in [0.717, 1.165) is 0 Å². The lowest BCUT2D eigenvalue weighted by molar-refractivity contribution is -0.138. The smallest absolute Gasteiger partial charge is 0.339 e. The highest BCUT2D eigenvalue weighted by molar-refractivity contribution is 5.76. The Morgan fingerprint density at radius 3 is 3.10 bits per heavy atom. The van der Waals surface area contributed by atoms with Crippen LogP contribution in [0.15, 0.2) is 4.99 Å². The summed E-state index contributed by atoms with van der Waals surface area (Å²) in [5.74, 6) is -0.473. The molecule has 1 atom stereocenters. The molecule has 1 heterocycles. The summed E-state index contributed by atoms with van der Waals surface area (Å²) in [7, 11) is 0. The van der Waals surface area contributed by atoms with E-state index in [2.05, 4.69) is 9.73 Å². The zero-order chi connectivity index (χ0) is 7.40. The van der Waals surface area contributed by atoms with Gasteiger partial charge < -0.3 is 9.47 Å². The molecule has 5 heteroatoms. The molecule has 1 aliphatic heterocycles. The molecular formula is C5H5NO4. The van der Waals surface area contributed by atoms with Crippen LogP contribution < -0.4 is 0 Å². The molecular weight excluding hydrogens is 138 g/mol. The fourth-order valence-corrected chi connectivity index (χ4v) is 0.583. The van der Waals surface area contributed by atoms with E-state index >= 15 is 0 Å². The Kier molecular flexibility index (Phi) is 2.15. The lowest BCUT2D eigenvalue weighted by Gasteiger charge is -1.95. The minimum atomic E-state index is -0.707. The van der Waals surface area contributed by atoms with Crippen molar-refractivity contribution in [2.24, 2.45) is 4.99 Å². The Morgan fingerprint density at radius 1 is 1.80 bits per heavy atom. The number of aliphatic imine (C=N–C) groups is 1. The van der Waals surface area contributed by atoms with Gasteiger partial charge in [-0.2, -0.15) is 0 Å². The summed E-state index contributed by atoms with van der Waals surface area (Å²) in [6, 6.07) is 0. The van der Waals surface area contributed by atoms with Crippen LogP contribution in [0, 0.1) is 0 Å². The molecule has 0 spiro atoms. The van der Waals surface area contributed by atoms with Crippen molar-refractivity contribution in [3.63, 3.8) is 0 Å². The van der Waals surface area contributed by atoms with E-state index in [1.165, 1.54) is 6.08 Å². The number of rotatable bonds is 2. The number of hydrogen-bond donors (Lipinski definition) is 0. The van der Waals surface area contributed by atoms with Crippen LogP contribution in [0.1, 0.15) is 0 Å². The van der Waals surface area contributed by atoms with E-state index in [4.69, 9.17) is 4.74 Å². The highest BCUT2D eigenvalue weighted by Gasteiger charge is 2.26. The second-order valence-electron chi connectivity index (χ2n) is 1.67. The van der Waals surface area contributed by atoms with Gasteiger partial charge in [-0.05, 0) is 0 Å². The van der Waals surface area contributed by atoms with E-state index in [0.29, 0.717) is 0 Å². The lowest BCUT2D eigenvalue weighted by Crippen LogP contribution is -2.19. The first kappa shape index (κ1) is 6.92. The van der Waals surface area contributed by atoms with Crippen LogP contribution in [-0.2, 0) is 19.1 Å². The van der Waals surface area contributed by atoms with Gasteiger partial charge in [-0.3, -0.25) is 0 Å². The normalized spacial score (nSPS) is 23.6. The van der Waals surface area contributed by atoms with Crippen molar-refractivity contribution in [1.82, 2.24) is 0 Å². The van der Waals surface area contributed by atoms with Crippen LogP contribution in [0.2, 0.25) is 0 Å². The van der Waals surface area contributed by atoms with E-state index in [1.54, 1.807) is 0 Å². The quantitative estimate of drug-likeness (QED) is 0.289. The number of esters is 1. The highest BCUT2D eigenvalue weighted by Crippen LogP contribution is 2.04. The summed E-state index contributed by atoms with van der Waals surface area (Å²) >= 11 is 0. The van der Waals surface area contributed by atoms with Gasteiger partial charge in [0, 0.05) is 0 Å². The van der Waals surface area contributed by atoms with Crippen LogP contribution in [0.5, 0.6) is 0 Å². The summed E-state index contributed by atoms with van der Waals surface area (Å²) in [5.41, 5.74) is 0. The fourth-order valence-electron chi connectivity index (χ4n) is 0.583. The first-order valence-electron chi connectivity index (χ1n) is 2.66. The number of carbonyl (C=O) groups is 1. The second kappa shape index (κ2) is 3.10. The predicted molar refractivity (Wildman–Crippen MR) is 28.8 cm³/mol. The molecule has 0 aromatic carbocycles. The van der Waals surface area contributed by atoms with Crippen molar-refractivity contribution in [2.45, 2.75) is 6.10 Å². The maximum atomic E-state index is 10.5. The van der Waals surface area contributed by atoms with Crippen LogP contribution in [-0.4, -0.2) is 31.5 Å². The molecule has 0 amide bonds. The molecule has 0 unspecified atom stereocenters. The van der Waals surface area contributed by atoms with Crippen LogP contribution in [0.25, 0.3) is 0 Å². The molecule has 1 saturated heterocycles. The number of nitrogens with zero attached hydrogens (tertiary/aromatic N) is 1. The summed E-state index contributed by atoms with van der Waals surface area (Å²) < 4.78 is 9.13. The van der Waals surface area contributed by atoms with E-state index in [-0.39, 0.29) is 13.3 Å². The van der Waals surface area contributed by atoms with Crippen molar-refractivity contribution >= 4 is 12.0 Å². The lowest BCUT2D eigenvalue weighted by atomic mass is 10.4. The first-order valence-corrected chi connectivity index (χ1v) is 2.66. The topological polar surface area (TPSA) is 65.0 Å². The van der Waals surface area contributed by atoms with Gasteiger partial charge in [0.2, 0.25) is 6.08 Å². The number of carbonyl (C=O) groups excluding carboxylic acids is 2.